The summed E-state index contributed by atoms with van der Waals surface area (Å²) in [6.07, 6.45) is 0. The van der Waals surface area contributed by atoms with E-state index in [1.54, 1.807) is 0 Å². The molecule has 0 spiro atoms. The molecule has 1 radical (unpaired) electrons. The van der Waals surface area contributed by atoms with Gasteiger partial charge in [0.1, 0.15) is 22.5 Å². The van der Waals surface area contributed by atoms with Crippen molar-refractivity contribution in [2.24, 2.45) is 0 Å². The third kappa shape index (κ3) is 4.09. The molecule has 1 aromatic heterocycles. The van der Waals surface area contributed by atoms with E-state index in [1.165, 1.54) is 4.80 Å². The molecule has 0 fully saturated rings. The predicted octanol–water partition coefficient (Wildman–Crippen LogP) is 4.76. The monoisotopic (exact) mass is 632 g/mol. The topological polar surface area (TPSA) is 50.9 Å². The van der Waals surface area contributed by atoms with Crippen LogP contribution in [0.1, 0.15) is 30.5 Å². The maximum absolute atomic E-state index is 11.1. The second-order valence-corrected chi connectivity index (χ2v) is 7.15. The Bertz CT molecular complexity index is 1060. The summed E-state index contributed by atoms with van der Waals surface area (Å²) in [6.45, 7) is 6.26. The Morgan fingerprint density at radius 1 is 0.857 bits per heavy atom. The van der Waals surface area contributed by atoms with Gasteiger partial charge in [0.05, 0.1) is 0 Å². The van der Waals surface area contributed by atoms with Gasteiger partial charge in [-0.1, -0.05) is 62.4 Å². The van der Waals surface area contributed by atoms with Gasteiger partial charge in [-0.2, -0.15) is 0 Å². The number of phenols is 1. The molecule has 4 rings (SSSR count). The van der Waals surface area contributed by atoms with Gasteiger partial charge in [-0.15, -0.1) is 15.0 Å². The largest absolute Gasteiger partial charge is 0.505 e. The minimum Gasteiger partial charge on any atom is -0.505 e. The number of aromatic hydroxyl groups is 1. The summed E-state index contributed by atoms with van der Waals surface area (Å²) in [5, 5.41) is 20.1. The van der Waals surface area contributed by atoms with Crippen LogP contribution in [-0.4, -0.2) is 20.1 Å². The molecule has 4 aromatic rings. The standard InChI is InChI=1S/C22H21N3O.U.V/c1-15-13-17(22(2,3)16-9-5-4-6-10-16)21(26)20(14-15)25-23-18-11-7-8-12-19(18)24-25;;/h4-14,26H,1-3H3;;. The molecule has 0 saturated heterocycles. The molecule has 0 atom stereocenters. The fourth-order valence-corrected chi connectivity index (χ4v) is 3.37. The van der Waals surface area contributed by atoms with Crippen LogP contribution < -0.4 is 0 Å². The van der Waals surface area contributed by atoms with Crippen molar-refractivity contribution < 1.29 is 54.8 Å². The summed E-state index contributed by atoms with van der Waals surface area (Å²) >= 11 is 0. The Morgan fingerprint density at radius 3 is 1.96 bits per heavy atom. The fraction of sp³-hybridized carbons (Fsp3) is 0.182. The van der Waals surface area contributed by atoms with E-state index in [1.807, 2.05) is 61.5 Å². The minimum atomic E-state index is -0.349. The molecule has 1 heterocycles. The first kappa shape index (κ1) is 22.8. The molecule has 0 aliphatic heterocycles. The molecule has 6 heteroatoms. The van der Waals surface area contributed by atoms with Crippen molar-refractivity contribution in [3.63, 3.8) is 0 Å². The van der Waals surface area contributed by atoms with Crippen molar-refractivity contribution in [1.29, 1.82) is 0 Å². The first-order valence-electron chi connectivity index (χ1n) is 8.69. The molecule has 4 nitrogen and oxygen atoms in total. The first-order chi connectivity index (χ1) is 12.5. The van der Waals surface area contributed by atoms with E-state index < -0.39 is 0 Å². The summed E-state index contributed by atoms with van der Waals surface area (Å²) in [5.74, 6) is 0.213. The van der Waals surface area contributed by atoms with Crippen molar-refractivity contribution in [3.05, 3.63) is 83.4 Å². The van der Waals surface area contributed by atoms with Crippen LogP contribution in [0, 0.1) is 38.0 Å². The Hall–Kier alpha value is -1.50. The molecule has 139 valence electrons. The SMILES string of the molecule is Cc1cc(-n2nc3ccccc3n2)c(O)c(C(C)(C)c2ccccc2)c1.[U].[V]. The Labute approximate surface area is 200 Å². The average Bonchev–Trinajstić information content (AvgIpc) is 3.08. The molecule has 0 amide bonds. The van der Waals surface area contributed by atoms with Gasteiger partial charge in [0.2, 0.25) is 0 Å². The number of phenolic OH excluding ortho intramolecular Hbond substituents is 1. The van der Waals surface area contributed by atoms with Crippen LogP contribution in [0.3, 0.4) is 0 Å². The summed E-state index contributed by atoms with van der Waals surface area (Å²) in [6, 6.07) is 21.9. The number of rotatable bonds is 3. The number of nitrogens with zero attached hydrogens (tertiary/aromatic N) is 3. The van der Waals surface area contributed by atoms with E-state index in [4.69, 9.17) is 0 Å². The van der Waals surface area contributed by atoms with Crippen LogP contribution in [0.25, 0.3) is 16.7 Å². The van der Waals surface area contributed by atoms with Crippen LogP contribution in [0.4, 0.5) is 0 Å². The smallest absolute Gasteiger partial charge is 0.147 e. The van der Waals surface area contributed by atoms with Crippen LogP contribution >= 0.6 is 0 Å². The zero-order valence-electron chi connectivity index (χ0n) is 16.1. The zero-order chi connectivity index (χ0) is 18.3. The van der Waals surface area contributed by atoms with Crippen LogP contribution in [0.2, 0.25) is 0 Å². The van der Waals surface area contributed by atoms with Crippen molar-refractivity contribution in [3.8, 4) is 11.4 Å². The van der Waals surface area contributed by atoms with Crippen molar-refractivity contribution >= 4 is 11.0 Å². The number of aryl methyl sites for hydroxylation is 1. The van der Waals surface area contributed by atoms with E-state index >= 15 is 0 Å². The second kappa shape index (κ2) is 8.89. The number of benzene rings is 3. The molecule has 28 heavy (non-hydrogen) atoms. The van der Waals surface area contributed by atoms with Crippen LogP contribution in [-0.2, 0) is 24.0 Å². The van der Waals surface area contributed by atoms with Gasteiger partial charge in [-0.3, -0.25) is 0 Å². The van der Waals surface area contributed by atoms with E-state index in [9.17, 15) is 5.11 Å². The van der Waals surface area contributed by atoms with E-state index in [2.05, 4.69) is 36.2 Å². The normalized spacial score (nSPS) is 11.0. The number of hydrogen-bond acceptors (Lipinski definition) is 3. The molecule has 0 bridgehead atoms. The summed E-state index contributed by atoms with van der Waals surface area (Å²) in [4.78, 5) is 1.53. The molecule has 3 aromatic carbocycles. The maximum atomic E-state index is 11.1. The third-order valence-corrected chi connectivity index (χ3v) is 4.91. The van der Waals surface area contributed by atoms with Crippen molar-refractivity contribution in [2.75, 3.05) is 0 Å². The average molecular weight is 632 g/mol. The van der Waals surface area contributed by atoms with E-state index in [0.717, 1.165) is 27.7 Å². The fourth-order valence-electron chi connectivity index (χ4n) is 3.37. The maximum Gasteiger partial charge on any atom is 0.147 e. The van der Waals surface area contributed by atoms with Gasteiger partial charge in [-0.05, 0) is 36.2 Å². The van der Waals surface area contributed by atoms with Gasteiger partial charge >= 0.3 is 0 Å². The second-order valence-electron chi connectivity index (χ2n) is 7.15. The van der Waals surface area contributed by atoms with Gasteiger partial charge in [-0.25, -0.2) is 0 Å². The van der Waals surface area contributed by atoms with Crippen molar-refractivity contribution in [1.82, 2.24) is 15.0 Å². The van der Waals surface area contributed by atoms with Crippen LogP contribution in [0.5, 0.6) is 5.75 Å². The van der Waals surface area contributed by atoms with E-state index in [-0.39, 0.29) is 60.8 Å². The molecule has 0 unspecified atom stereocenters. The zero-order valence-corrected chi connectivity index (χ0v) is 21.6. The van der Waals surface area contributed by atoms with Gasteiger partial charge in [0.15, 0.2) is 0 Å². The Morgan fingerprint density at radius 2 is 1.39 bits per heavy atom. The minimum absolute atomic E-state index is 0. The van der Waals surface area contributed by atoms with E-state index in [0.29, 0.717) is 5.69 Å². The number of fused-ring (bicyclic) bond motifs is 1. The Kier molecular flexibility index (Phi) is 7.23. The number of hydrogen-bond donors (Lipinski definition) is 1. The summed E-state index contributed by atoms with van der Waals surface area (Å²) in [5.41, 5.74) is 4.91. The quantitative estimate of drug-likeness (QED) is 0.355. The molecule has 0 saturated carbocycles. The van der Waals surface area contributed by atoms with Crippen LogP contribution in [0.15, 0.2) is 66.7 Å². The van der Waals surface area contributed by atoms with Gasteiger partial charge < -0.3 is 5.11 Å². The molecular formula is C22H21N3OUV. The molecular weight excluding hydrogens is 611 g/mol. The molecule has 1 N–H and O–H groups in total. The summed E-state index contributed by atoms with van der Waals surface area (Å²) < 4.78 is 0. The molecule has 0 aliphatic rings. The Balaban J connectivity index is 0.00000140. The van der Waals surface area contributed by atoms with Gasteiger partial charge in [0, 0.05) is 60.6 Å². The first-order valence-corrected chi connectivity index (χ1v) is 8.69. The van der Waals surface area contributed by atoms with Gasteiger partial charge in [0.25, 0.3) is 0 Å². The number of aromatic nitrogens is 3. The molecule has 0 aliphatic carbocycles. The van der Waals surface area contributed by atoms with Crippen molar-refractivity contribution in [2.45, 2.75) is 26.2 Å². The predicted molar refractivity (Wildman–Crippen MR) is 104 cm³/mol. The summed E-state index contributed by atoms with van der Waals surface area (Å²) in [7, 11) is 0. The third-order valence-electron chi connectivity index (χ3n) is 4.91.